The molecular formula is C21H19N5OS. The second-order valence-corrected chi connectivity index (χ2v) is 8.35. The van der Waals surface area contributed by atoms with Gasteiger partial charge in [0.1, 0.15) is 11.5 Å². The number of benzene rings is 1. The third-order valence-corrected chi connectivity index (χ3v) is 6.29. The van der Waals surface area contributed by atoms with Crippen LogP contribution in [0.25, 0.3) is 21.8 Å². The Balaban J connectivity index is 1.75. The van der Waals surface area contributed by atoms with E-state index in [1.807, 2.05) is 44.2 Å². The van der Waals surface area contributed by atoms with Crippen molar-refractivity contribution in [3.63, 3.8) is 0 Å². The second kappa shape index (κ2) is 6.73. The Morgan fingerprint density at radius 1 is 1.29 bits per heavy atom. The van der Waals surface area contributed by atoms with Gasteiger partial charge >= 0.3 is 0 Å². The van der Waals surface area contributed by atoms with Crippen LogP contribution in [-0.4, -0.2) is 22.4 Å². The van der Waals surface area contributed by atoms with Crippen LogP contribution >= 0.6 is 11.3 Å². The van der Waals surface area contributed by atoms with Crippen LogP contribution < -0.4 is 11.1 Å². The topological polar surface area (TPSA) is 105 Å². The van der Waals surface area contributed by atoms with Crippen molar-refractivity contribution in [2.45, 2.75) is 25.7 Å². The molecule has 3 heterocycles. The standard InChI is InChI=1S/C21H19N5OS/c1-21(2,11-22)17-6-5-16(28-17)15-10-25-19(23)18(26-15)13-3-4-14-12(9-13)7-8-24-20(14)27/h3-6,9-10H,7-8H2,1-2H3,(H2,23,25)(H,24,27). The fourth-order valence-electron chi connectivity index (χ4n) is 3.17. The van der Waals surface area contributed by atoms with Crippen LogP contribution in [0.1, 0.15) is 34.6 Å². The van der Waals surface area contributed by atoms with E-state index in [0.29, 0.717) is 29.3 Å². The first-order valence-corrected chi connectivity index (χ1v) is 9.76. The average molecular weight is 389 g/mol. The van der Waals surface area contributed by atoms with Gasteiger partial charge in [0.15, 0.2) is 0 Å². The number of hydrogen-bond donors (Lipinski definition) is 2. The predicted octanol–water partition coefficient (Wildman–Crippen LogP) is 3.54. The zero-order valence-electron chi connectivity index (χ0n) is 15.6. The Kier molecular flexibility index (Phi) is 4.36. The minimum atomic E-state index is -0.550. The smallest absolute Gasteiger partial charge is 0.251 e. The van der Waals surface area contributed by atoms with Crippen LogP contribution in [0.5, 0.6) is 0 Å². The molecule has 3 N–H and O–H groups in total. The number of amides is 1. The summed E-state index contributed by atoms with van der Waals surface area (Å²) in [5, 5.41) is 12.2. The number of anilines is 1. The minimum absolute atomic E-state index is 0.0492. The van der Waals surface area contributed by atoms with E-state index in [1.165, 1.54) is 11.3 Å². The van der Waals surface area contributed by atoms with Crippen molar-refractivity contribution in [3.8, 4) is 27.9 Å². The molecular weight excluding hydrogens is 370 g/mol. The Morgan fingerprint density at radius 2 is 2.11 bits per heavy atom. The largest absolute Gasteiger partial charge is 0.382 e. The molecule has 1 amide bonds. The molecule has 28 heavy (non-hydrogen) atoms. The maximum atomic E-state index is 12.0. The molecule has 1 aliphatic rings. The van der Waals surface area contributed by atoms with Crippen LogP contribution in [-0.2, 0) is 11.8 Å². The van der Waals surface area contributed by atoms with E-state index in [9.17, 15) is 10.1 Å². The molecule has 0 saturated carbocycles. The molecule has 0 aliphatic carbocycles. The molecule has 4 rings (SSSR count). The lowest BCUT2D eigenvalue weighted by Crippen LogP contribution is -2.31. The van der Waals surface area contributed by atoms with Crippen molar-refractivity contribution in [1.82, 2.24) is 15.3 Å². The SMILES string of the molecule is CC(C)(C#N)c1ccc(-c2cnc(N)c(-c3ccc4c(c3)CCNC4=O)n2)s1. The highest BCUT2D eigenvalue weighted by Gasteiger charge is 2.23. The summed E-state index contributed by atoms with van der Waals surface area (Å²) in [4.78, 5) is 22.9. The maximum absolute atomic E-state index is 12.0. The van der Waals surface area contributed by atoms with Gasteiger partial charge in [0.25, 0.3) is 5.91 Å². The summed E-state index contributed by atoms with van der Waals surface area (Å²) in [7, 11) is 0. The average Bonchev–Trinajstić information content (AvgIpc) is 3.19. The summed E-state index contributed by atoms with van der Waals surface area (Å²) in [6.45, 7) is 4.42. The van der Waals surface area contributed by atoms with Gasteiger partial charge in [-0.05, 0) is 50.1 Å². The summed E-state index contributed by atoms with van der Waals surface area (Å²) < 4.78 is 0. The highest BCUT2D eigenvalue weighted by molar-refractivity contribution is 7.15. The van der Waals surface area contributed by atoms with E-state index < -0.39 is 5.41 Å². The third kappa shape index (κ3) is 3.12. The van der Waals surface area contributed by atoms with Gasteiger partial charge in [-0.15, -0.1) is 11.3 Å². The second-order valence-electron chi connectivity index (χ2n) is 7.27. The molecule has 0 bridgehead atoms. The zero-order chi connectivity index (χ0) is 19.9. The van der Waals surface area contributed by atoms with Gasteiger partial charge in [-0.25, -0.2) is 9.97 Å². The molecule has 0 unspecified atom stereocenters. The molecule has 3 aromatic rings. The first-order valence-electron chi connectivity index (χ1n) is 8.95. The number of nitrogens with zero attached hydrogens (tertiary/aromatic N) is 3. The normalized spacial score (nSPS) is 13.5. The molecule has 1 aromatic carbocycles. The third-order valence-electron chi connectivity index (χ3n) is 4.86. The summed E-state index contributed by atoms with van der Waals surface area (Å²) in [5.41, 5.74) is 9.39. The van der Waals surface area contributed by atoms with E-state index in [2.05, 4.69) is 16.4 Å². The Labute approximate surface area is 167 Å². The molecule has 6 nitrogen and oxygen atoms in total. The minimum Gasteiger partial charge on any atom is -0.382 e. The van der Waals surface area contributed by atoms with Gasteiger partial charge in [-0.3, -0.25) is 4.79 Å². The van der Waals surface area contributed by atoms with Crippen LogP contribution in [0.3, 0.4) is 0 Å². The highest BCUT2D eigenvalue weighted by atomic mass is 32.1. The number of nitrogens with one attached hydrogen (secondary N) is 1. The monoisotopic (exact) mass is 389 g/mol. The number of fused-ring (bicyclic) bond motifs is 1. The van der Waals surface area contributed by atoms with Crippen molar-refractivity contribution in [3.05, 3.63) is 52.5 Å². The molecule has 0 spiro atoms. The molecule has 0 radical (unpaired) electrons. The first kappa shape index (κ1) is 18.1. The van der Waals surface area contributed by atoms with E-state index in [4.69, 9.17) is 10.7 Å². The molecule has 2 aromatic heterocycles. The number of hydrogen-bond acceptors (Lipinski definition) is 6. The van der Waals surface area contributed by atoms with Crippen LogP contribution in [0, 0.1) is 11.3 Å². The summed E-state index contributed by atoms with van der Waals surface area (Å²) in [6, 6.07) is 11.9. The van der Waals surface area contributed by atoms with Gasteiger partial charge in [-0.2, -0.15) is 5.26 Å². The fourth-order valence-corrected chi connectivity index (χ4v) is 4.18. The number of carbonyl (C=O) groups is 1. The lowest BCUT2D eigenvalue weighted by atomic mass is 9.94. The van der Waals surface area contributed by atoms with Crippen molar-refractivity contribution in [2.24, 2.45) is 0 Å². The molecule has 7 heteroatoms. The molecule has 140 valence electrons. The highest BCUT2D eigenvalue weighted by Crippen LogP contribution is 2.35. The number of rotatable bonds is 3. The number of carbonyl (C=O) groups excluding carboxylic acids is 1. The quantitative estimate of drug-likeness (QED) is 0.713. The number of nitriles is 1. The van der Waals surface area contributed by atoms with E-state index in [-0.39, 0.29) is 5.91 Å². The van der Waals surface area contributed by atoms with Crippen molar-refractivity contribution in [1.29, 1.82) is 5.26 Å². The van der Waals surface area contributed by atoms with Gasteiger partial charge in [0.05, 0.1) is 28.3 Å². The lowest BCUT2D eigenvalue weighted by Gasteiger charge is -2.17. The summed E-state index contributed by atoms with van der Waals surface area (Å²) >= 11 is 1.53. The first-order chi connectivity index (χ1) is 13.4. The number of nitrogens with two attached hydrogens (primary N) is 1. The molecule has 0 atom stereocenters. The number of nitrogen functional groups attached to an aromatic ring is 1. The lowest BCUT2D eigenvalue weighted by molar-refractivity contribution is 0.0946. The molecule has 0 saturated heterocycles. The van der Waals surface area contributed by atoms with Gasteiger partial charge in [0, 0.05) is 22.5 Å². The van der Waals surface area contributed by atoms with Crippen LogP contribution in [0.15, 0.2) is 36.5 Å². The Morgan fingerprint density at radius 3 is 2.89 bits per heavy atom. The summed E-state index contributed by atoms with van der Waals surface area (Å²) in [5.74, 6) is 0.296. The van der Waals surface area contributed by atoms with Crippen molar-refractivity contribution in [2.75, 3.05) is 12.3 Å². The predicted molar refractivity (Wildman–Crippen MR) is 110 cm³/mol. The van der Waals surface area contributed by atoms with Crippen LogP contribution in [0.4, 0.5) is 5.82 Å². The van der Waals surface area contributed by atoms with Gasteiger partial charge < -0.3 is 11.1 Å². The van der Waals surface area contributed by atoms with Crippen molar-refractivity contribution >= 4 is 23.1 Å². The Bertz CT molecular complexity index is 1130. The van der Waals surface area contributed by atoms with E-state index in [0.717, 1.165) is 27.3 Å². The molecule has 1 aliphatic heterocycles. The van der Waals surface area contributed by atoms with E-state index >= 15 is 0 Å². The Hall–Kier alpha value is -3.24. The van der Waals surface area contributed by atoms with Crippen LogP contribution in [0.2, 0.25) is 0 Å². The zero-order valence-corrected chi connectivity index (χ0v) is 16.4. The van der Waals surface area contributed by atoms with Gasteiger partial charge in [-0.1, -0.05) is 6.07 Å². The fraction of sp³-hybridized carbons (Fsp3) is 0.238. The van der Waals surface area contributed by atoms with E-state index in [1.54, 1.807) is 6.20 Å². The maximum Gasteiger partial charge on any atom is 0.251 e. The van der Waals surface area contributed by atoms with Crippen molar-refractivity contribution < 1.29 is 4.79 Å². The summed E-state index contributed by atoms with van der Waals surface area (Å²) in [6.07, 6.45) is 2.43. The van der Waals surface area contributed by atoms with Gasteiger partial charge in [0.2, 0.25) is 0 Å². The number of aromatic nitrogens is 2. The molecule has 0 fully saturated rings. The number of thiophene rings is 1.